The predicted molar refractivity (Wildman–Crippen MR) is 83.2 cm³/mol. The van der Waals surface area contributed by atoms with E-state index in [4.69, 9.17) is 18.3 Å². The molecule has 1 rings (SSSR count). The highest BCUT2D eigenvalue weighted by molar-refractivity contribution is 6.66. The molecule has 0 bridgehead atoms. The second-order valence-electron chi connectivity index (χ2n) is 6.68. The van der Waals surface area contributed by atoms with Crippen molar-refractivity contribution in [3.8, 4) is 0 Å². The number of hydrogen-bond donors (Lipinski definition) is 0. The van der Waals surface area contributed by atoms with Gasteiger partial charge < -0.3 is 18.3 Å². The summed E-state index contributed by atoms with van der Waals surface area (Å²) >= 11 is 0. The molecule has 0 aromatic carbocycles. The summed E-state index contributed by atoms with van der Waals surface area (Å²) in [7, 11) is -2.05. The molecule has 0 aromatic heterocycles. The summed E-state index contributed by atoms with van der Waals surface area (Å²) < 4.78 is 22.9. The smallest absolute Gasteiger partial charge is 0.335 e. The molecule has 1 fully saturated rings. The minimum absolute atomic E-state index is 0.355. The molecule has 0 radical (unpaired) electrons. The van der Waals surface area contributed by atoms with Crippen LogP contribution in [-0.4, -0.2) is 47.7 Å². The zero-order valence-electron chi connectivity index (χ0n) is 13.8. The summed E-state index contributed by atoms with van der Waals surface area (Å²) in [5.74, 6) is 1.10. The molecule has 1 atom stereocenters. The van der Waals surface area contributed by atoms with Gasteiger partial charge in [0.15, 0.2) is 0 Å². The van der Waals surface area contributed by atoms with E-state index in [1.54, 1.807) is 0 Å². The summed E-state index contributed by atoms with van der Waals surface area (Å²) in [6.45, 7) is 14.8. The topological polar surface area (TPSA) is 40.2 Å². The molecule has 0 aromatic rings. The maximum atomic E-state index is 6.12. The minimum atomic E-state index is -2.05. The normalized spacial score (nSPS) is 19.1. The standard InChI is InChI=1S/C15H32O4Si/c1-13(2)9-18-20(5,19-10-14(3)4)8-6-7-16-11-15-12-17-15/h13-15H,6-12H2,1-5H3. The van der Waals surface area contributed by atoms with Gasteiger partial charge in [-0.2, -0.15) is 0 Å². The lowest BCUT2D eigenvalue weighted by atomic mass is 10.2. The molecular weight excluding hydrogens is 272 g/mol. The number of ether oxygens (including phenoxy) is 2. The van der Waals surface area contributed by atoms with E-state index in [2.05, 4.69) is 34.2 Å². The molecule has 1 aliphatic rings. The van der Waals surface area contributed by atoms with Gasteiger partial charge in [0, 0.05) is 19.8 Å². The third-order valence-electron chi connectivity index (χ3n) is 3.07. The highest BCUT2D eigenvalue weighted by Gasteiger charge is 2.31. The van der Waals surface area contributed by atoms with Crippen LogP contribution in [0.5, 0.6) is 0 Å². The van der Waals surface area contributed by atoms with E-state index in [1.807, 2.05) is 0 Å². The Morgan fingerprint density at radius 2 is 1.65 bits per heavy atom. The lowest BCUT2D eigenvalue weighted by Crippen LogP contribution is -2.41. The molecule has 0 aliphatic carbocycles. The van der Waals surface area contributed by atoms with Crippen LogP contribution in [0.15, 0.2) is 0 Å². The minimum Gasteiger partial charge on any atom is -0.394 e. The molecule has 1 aliphatic heterocycles. The molecule has 1 heterocycles. The van der Waals surface area contributed by atoms with E-state index in [1.165, 1.54) is 0 Å². The van der Waals surface area contributed by atoms with Gasteiger partial charge in [0.05, 0.1) is 13.2 Å². The van der Waals surface area contributed by atoms with Crippen molar-refractivity contribution in [2.75, 3.05) is 33.0 Å². The third-order valence-corrected chi connectivity index (χ3v) is 5.89. The van der Waals surface area contributed by atoms with E-state index in [-0.39, 0.29) is 0 Å². The second-order valence-corrected chi connectivity index (χ2v) is 10.0. The van der Waals surface area contributed by atoms with E-state index in [0.717, 1.165) is 45.5 Å². The van der Waals surface area contributed by atoms with Crippen LogP contribution >= 0.6 is 0 Å². The Bertz CT molecular complexity index is 242. The van der Waals surface area contributed by atoms with Crippen LogP contribution in [0, 0.1) is 11.8 Å². The van der Waals surface area contributed by atoms with Gasteiger partial charge >= 0.3 is 8.56 Å². The average molecular weight is 305 g/mol. The monoisotopic (exact) mass is 304 g/mol. The Balaban J connectivity index is 2.22. The summed E-state index contributed by atoms with van der Waals surface area (Å²) in [6.07, 6.45) is 1.36. The maximum absolute atomic E-state index is 6.12. The van der Waals surface area contributed by atoms with Crippen molar-refractivity contribution in [2.24, 2.45) is 11.8 Å². The van der Waals surface area contributed by atoms with Gasteiger partial charge in [-0.15, -0.1) is 0 Å². The van der Waals surface area contributed by atoms with Gasteiger partial charge in [0.1, 0.15) is 6.10 Å². The van der Waals surface area contributed by atoms with E-state index < -0.39 is 8.56 Å². The van der Waals surface area contributed by atoms with Gasteiger partial charge in [-0.3, -0.25) is 0 Å². The molecule has 4 nitrogen and oxygen atoms in total. The molecule has 120 valence electrons. The lowest BCUT2D eigenvalue weighted by Gasteiger charge is -2.29. The van der Waals surface area contributed by atoms with Crippen molar-refractivity contribution in [2.45, 2.75) is 52.8 Å². The van der Waals surface area contributed by atoms with Crippen molar-refractivity contribution in [3.05, 3.63) is 0 Å². The molecule has 20 heavy (non-hydrogen) atoms. The van der Waals surface area contributed by atoms with Crippen LogP contribution in [0.2, 0.25) is 12.6 Å². The van der Waals surface area contributed by atoms with Crippen LogP contribution < -0.4 is 0 Å². The Morgan fingerprint density at radius 3 is 2.10 bits per heavy atom. The SMILES string of the molecule is CC(C)CO[Si](C)(CCCOCC1CO1)OCC(C)C. The van der Waals surface area contributed by atoms with Gasteiger partial charge in [0.2, 0.25) is 0 Å². The summed E-state index contributed by atoms with van der Waals surface area (Å²) in [4.78, 5) is 0. The van der Waals surface area contributed by atoms with Crippen LogP contribution in [-0.2, 0) is 18.3 Å². The first-order chi connectivity index (χ1) is 9.41. The Hall–Kier alpha value is 0.0569. The Morgan fingerprint density at radius 1 is 1.10 bits per heavy atom. The molecule has 0 amide bonds. The van der Waals surface area contributed by atoms with E-state index in [9.17, 15) is 0 Å². The molecule has 1 saturated heterocycles. The van der Waals surface area contributed by atoms with Gasteiger partial charge in [-0.1, -0.05) is 27.7 Å². The van der Waals surface area contributed by atoms with Gasteiger partial charge in [-0.05, 0) is 30.8 Å². The van der Waals surface area contributed by atoms with E-state index in [0.29, 0.717) is 17.9 Å². The Kier molecular flexibility index (Phi) is 8.29. The first-order valence-electron chi connectivity index (χ1n) is 7.88. The van der Waals surface area contributed by atoms with Crippen molar-refractivity contribution in [1.29, 1.82) is 0 Å². The largest absolute Gasteiger partial charge is 0.394 e. The first-order valence-corrected chi connectivity index (χ1v) is 10.4. The van der Waals surface area contributed by atoms with Crippen LogP contribution in [0.4, 0.5) is 0 Å². The predicted octanol–water partition coefficient (Wildman–Crippen LogP) is 3.21. The van der Waals surface area contributed by atoms with Crippen LogP contribution in [0.25, 0.3) is 0 Å². The number of hydrogen-bond acceptors (Lipinski definition) is 4. The lowest BCUT2D eigenvalue weighted by molar-refractivity contribution is 0.109. The maximum Gasteiger partial charge on any atom is 0.335 e. The summed E-state index contributed by atoms with van der Waals surface area (Å²) in [5.41, 5.74) is 0. The summed E-state index contributed by atoms with van der Waals surface area (Å²) in [5, 5.41) is 0. The third kappa shape index (κ3) is 9.08. The highest BCUT2D eigenvalue weighted by atomic mass is 28.4. The zero-order valence-corrected chi connectivity index (χ0v) is 14.8. The Labute approximate surface area is 125 Å². The van der Waals surface area contributed by atoms with Crippen molar-refractivity contribution in [1.82, 2.24) is 0 Å². The molecule has 0 saturated carbocycles. The summed E-state index contributed by atoms with van der Waals surface area (Å²) in [6, 6.07) is 0.998. The van der Waals surface area contributed by atoms with Gasteiger partial charge in [0.25, 0.3) is 0 Å². The molecule has 1 unspecified atom stereocenters. The van der Waals surface area contributed by atoms with Crippen LogP contribution in [0.1, 0.15) is 34.1 Å². The highest BCUT2D eigenvalue weighted by Crippen LogP contribution is 2.19. The van der Waals surface area contributed by atoms with Crippen molar-refractivity contribution >= 4 is 8.56 Å². The number of epoxide rings is 1. The molecule has 0 N–H and O–H groups in total. The quantitative estimate of drug-likeness (QED) is 0.315. The molecular formula is C15H32O4Si. The fourth-order valence-corrected chi connectivity index (χ4v) is 4.28. The fourth-order valence-electron chi connectivity index (χ4n) is 1.75. The molecule has 0 spiro atoms. The molecule has 5 heteroatoms. The zero-order chi connectivity index (χ0) is 15.0. The fraction of sp³-hybridized carbons (Fsp3) is 1.00. The number of rotatable bonds is 12. The first kappa shape index (κ1) is 18.1. The van der Waals surface area contributed by atoms with Crippen LogP contribution in [0.3, 0.4) is 0 Å². The van der Waals surface area contributed by atoms with Gasteiger partial charge in [-0.25, -0.2) is 0 Å². The van der Waals surface area contributed by atoms with E-state index >= 15 is 0 Å². The second kappa shape index (κ2) is 9.15. The van der Waals surface area contributed by atoms with Crippen molar-refractivity contribution in [3.63, 3.8) is 0 Å². The van der Waals surface area contributed by atoms with Crippen molar-refractivity contribution < 1.29 is 18.3 Å². The average Bonchev–Trinajstić information content (AvgIpc) is 3.18.